The Hall–Kier alpha value is -9.54. The van der Waals surface area contributed by atoms with Gasteiger partial charge in [-0.1, -0.05) is 36.4 Å². The molecule has 0 spiro atoms. The van der Waals surface area contributed by atoms with Crippen molar-refractivity contribution in [3.05, 3.63) is 174 Å². The molecule has 84 heavy (non-hydrogen) atoms. The van der Waals surface area contributed by atoms with Crippen molar-refractivity contribution in [1.82, 2.24) is 15.0 Å². The van der Waals surface area contributed by atoms with E-state index in [2.05, 4.69) is 29.1 Å². The van der Waals surface area contributed by atoms with Gasteiger partial charge in [-0.25, -0.2) is 40.2 Å². The van der Waals surface area contributed by atoms with Gasteiger partial charge in [0.15, 0.2) is 49.9 Å². The largest absolute Gasteiger partial charge is 0.493 e. The number of ether oxygens (including phenoxy) is 6. The summed E-state index contributed by atoms with van der Waals surface area (Å²) in [6.45, 7) is 0. The Balaban J connectivity index is 0.000000181. The Bertz CT molecular complexity index is 3810. The second-order valence-corrected chi connectivity index (χ2v) is 24.0. The van der Waals surface area contributed by atoms with E-state index in [1.54, 1.807) is 52.5 Å². The first-order valence-electron chi connectivity index (χ1n) is 23.4. The highest BCUT2D eigenvalue weighted by atomic mass is 32.2. The molecule has 6 aromatic carbocycles. The number of nitro groups is 3. The standard InChI is InChI=1S/3C17H15N3O6S2/c3*1-25-15-7-6-13(9-16(15)26-2)28(23,24)19-17-18-14(10-27-17)11-4-3-5-12(8-11)20(21)22/h3*3-10H,1-2H3,(H,18,19). The van der Waals surface area contributed by atoms with Crippen LogP contribution >= 0.6 is 34.0 Å². The van der Waals surface area contributed by atoms with Crippen molar-refractivity contribution in [3.63, 3.8) is 0 Å². The summed E-state index contributed by atoms with van der Waals surface area (Å²) in [6.07, 6.45) is 0. The van der Waals surface area contributed by atoms with E-state index >= 15 is 0 Å². The second kappa shape index (κ2) is 27.0. The van der Waals surface area contributed by atoms with E-state index in [1.165, 1.54) is 134 Å². The van der Waals surface area contributed by atoms with E-state index in [0.717, 1.165) is 34.0 Å². The first-order valence-corrected chi connectivity index (χ1v) is 30.5. The molecular formula is C51H45N9O18S6. The number of hydrogen-bond acceptors (Lipinski definition) is 24. The maximum absolute atomic E-state index is 12.6. The first-order chi connectivity index (χ1) is 40.0. The highest BCUT2D eigenvalue weighted by molar-refractivity contribution is 7.93. The van der Waals surface area contributed by atoms with Crippen LogP contribution in [0, 0.1) is 30.3 Å². The molecule has 0 aliphatic heterocycles. The van der Waals surface area contributed by atoms with Gasteiger partial charge in [-0.2, -0.15) is 0 Å². The van der Waals surface area contributed by atoms with Gasteiger partial charge in [0.1, 0.15) is 0 Å². The summed E-state index contributed by atoms with van der Waals surface area (Å²) in [5, 5.41) is 38.0. The zero-order chi connectivity index (χ0) is 60.9. The lowest BCUT2D eigenvalue weighted by Gasteiger charge is -2.10. The lowest BCUT2D eigenvalue weighted by Crippen LogP contribution is -2.13. The maximum Gasteiger partial charge on any atom is 0.270 e. The van der Waals surface area contributed by atoms with Crippen LogP contribution in [0.2, 0.25) is 0 Å². The van der Waals surface area contributed by atoms with Crippen molar-refractivity contribution in [3.8, 4) is 68.3 Å². The van der Waals surface area contributed by atoms with Crippen LogP contribution in [0.15, 0.2) is 158 Å². The van der Waals surface area contributed by atoms with Crippen LogP contribution in [0.1, 0.15) is 0 Å². The predicted molar refractivity (Wildman–Crippen MR) is 314 cm³/mol. The highest BCUT2D eigenvalue weighted by Crippen LogP contribution is 2.36. The summed E-state index contributed by atoms with van der Waals surface area (Å²) in [5.41, 5.74) is 2.62. The normalized spacial score (nSPS) is 11.1. The van der Waals surface area contributed by atoms with Crippen LogP contribution < -0.4 is 42.6 Å². The molecule has 0 aliphatic carbocycles. The summed E-state index contributed by atoms with van der Waals surface area (Å²) in [5.74, 6) is 2.06. The SMILES string of the molecule is COc1ccc(S(=O)(=O)Nc2nc(-c3cccc([N+](=O)[O-])c3)cs2)cc1OC.COc1ccc(S(=O)(=O)Nc2nc(-c3cccc([N+](=O)[O-])c3)cs2)cc1OC.COc1ccc(S(=O)(=O)Nc2nc(-c3cccc([N+](=O)[O-])c3)cs2)cc1OC. The van der Waals surface area contributed by atoms with E-state index in [1.807, 2.05) is 0 Å². The fourth-order valence-corrected chi connectivity index (χ4v) is 13.1. The molecule has 0 atom stereocenters. The zero-order valence-electron chi connectivity index (χ0n) is 44.3. The Morgan fingerprint density at radius 3 is 0.845 bits per heavy atom. The molecule has 0 fully saturated rings. The van der Waals surface area contributed by atoms with Gasteiger partial charge >= 0.3 is 0 Å². The smallest absolute Gasteiger partial charge is 0.270 e. The number of rotatable bonds is 21. The van der Waals surface area contributed by atoms with Crippen LogP contribution in [0.5, 0.6) is 34.5 Å². The van der Waals surface area contributed by atoms with Crippen LogP contribution in [0.25, 0.3) is 33.8 Å². The number of sulfonamides is 3. The minimum atomic E-state index is -3.91. The summed E-state index contributed by atoms with van der Waals surface area (Å²) in [7, 11) is -3.13. The van der Waals surface area contributed by atoms with Gasteiger partial charge in [0.05, 0.1) is 89.2 Å². The molecule has 438 valence electrons. The average molecular weight is 1260 g/mol. The van der Waals surface area contributed by atoms with Crippen molar-refractivity contribution in [2.45, 2.75) is 14.7 Å². The Morgan fingerprint density at radius 1 is 0.369 bits per heavy atom. The number of nitro benzene ring substituents is 3. The van der Waals surface area contributed by atoms with Crippen molar-refractivity contribution in [1.29, 1.82) is 0 Å². The predicted octanol–water partition coefficient (Wildman–Crippen LogP) is 10.6. The highest BCUT2D eigenvalue weighted by Gasteiger charge is 2.23. The summed E-state index contributed by atoms with van der Waals surface area (Å²) < 4.78 is 114. The first kappa shape index (κ1) is 62.1. The molecule has 3 heterocycles. The van der Waals surface area contributed by atoms with Gasteiger partial charge in [0, 0.05) is 87.4 Å². The third-order valence-electron chi connectivity index (χ3n) is 11.2. The number of anilines is 3. The van der Waals surface area contributed by atoms with Crippen LogP contribution in [0.4, 0.5) is 32.5 Å². The molecule has 0 radical (unpaired) electrons. The Labute approximate surface area is 490 Å². The monoisotopic (exact) mass is 1260 g/mol. The molecule has 0 bridgehead atoms. The Kier molecular flexibility index (Phi) is 20.0. The van der Waals surface area contributed by atoms with Gasteiger partial charge in [0.2, 0.25) is 0 Å². The molecule has 9 aromatic rings. The van der Waals surface area contributed by atoms with Crippen molar-refractivity contribution >= 4 is 96.5 Å². The number of methoxy groups -OCH3 is 6. The molecule has 0 saturated carbocycles. The third kappa shape index (κ3) is 15.3. The minimum Gasteiger partial charge on any atom is -0.493 e. The van der Waals surface area contributed by atoms with Gasteiger partial charge in [-0.05, 0) is 36.4 Å². The van der Waals surface area contributed by atoms with Crippen molar-refractivity contribution in [2.24, 2.45) is 0 Å². The number of benzene rings is 6. The molecule has 0 unspecified atom stereocenters. The number of hydrogen-bond donors (Lipinski definition) is 3. The van der Waals surface area contributed by atoms with Crippen molar-refractivity contribution < 1.29 is 68.4 Å². The van der Waals surface area contributed by atoms with Gasteiger partial charge < -0.3 is 28.4 Å². The summed E-state index contributed by atoms with van der Waals surface area (Å²) in [4.78, 5) is 43.8. The summed E-state index contributed by atoms with van der Waals surface area (Å²) >= 11 is 3.21. The van der Waals surface area contributed by atoms with E-state index in [9.17, 15) is 55.6 Å². The zero-order valence-corrected chi connectivity index (χ0v) is 49.2. The Morgan fingerprint density at radius 2 is 0.619 bits per heavy atom. The fourth-order valence-electron chi connectivity index (χ4n) is 7.17. The quantitative estimate of drug-likeness (QED) is 0.0444. The van der Waals surface area contributed by atoms with Crippen molar-refractivity contribution in [2.75, 3.05) is 56.8 Å². The third-order valence-corrected chi connectivity index (χ3v) is 17.9. The minimum absolute atomic E-state index is 0.0164. The topological polar surface area (TPSA) is 362 Å². The van der Waals surface area contributed by atoms with E-state index in [4.69, 9.17) is 28.4 Å². The molecule has 3 N–H and O–H groups in total. The van der Waals surface area contributed by atoms with Crippen LogP contribution in [-0.4, -0.2) is 97.6 Å². The number of nitrogens with zero attached hydrogens (tertiary/aromatic N) is 6. The van der Waals surface area contributed by atoms with E-state index in [0.29, 0.717) is 51.0 Å². The molecule has 27 nitrogen and oxygen atoms in total. The molecular weight excluding hydrogens is 1220 g/mol. The molecule has 0 saturated heterocycles. The molecule has 33 heteroatoms. The fraction of sp³-hybridized carbons (Fsp3) is 0.118. The van der Waals surface area contributed by atoms with Gasteiger partial charge in [-0.3, -0.25) is 44.5 Å². The lowest BCUT2D eigenvalue weighted by atomic mass is 10.1. The number of nitrogens with one attached hydrogen (secondary N) is 3. The number of aromatic nitrogens is 3. The molecule has 9 rings (SSSR count). The van der Waals surface area contributed by atoms with Crippen LogP contribution in [0.3, 0.4) is 0 Å². The number of non-ortho nitro benzene ring substituents is 3. The lowest BCUT2D eigenvalue weighted by molar-refractivity contribution is -0.385. The second-order valence-electron chi connectivity index (χ2n) is 16.4. The molecule has 0 aliphatic rings. The number of thiazole rings is 3. The molecule has 3 aromatic heterocycles. The summed E-state index contributed by atoms with van der Waals surface area (Å²) in [6, 6.07) is 30.5. The maximum atomic E-state index is 12.6. The molecule has 0 amide bonds. The average Bonchev–Trinajstić information content (AvgIpc) is 4.41. The van der Waals surface area contributed by atoms with Gasteiger partial charge in [-0.15, -0.1) is 34.0 Å². The van der Waals surface area contributed by atoms with Gasteiger partial charge in [0.25, 0.3) is 47.1 Å². The van der Waals surface area contributed by atoms with Crippen LogP contribution in [-0.2, 0) is 30.1 Å². The van der Waals surface area contributed by atoms with E-state index < -0.39 is 44.8 Å². The van der Waals surface area contributed by atoms with E-state index in [-0.39, 0.29) is 64.4 Å².